The zero-order chi connectivity index (χ0) is 29.1. The van der Waals surface area contributed by atoms with Crippen LogP contribution in [0.2, 0.25) is 5.02 Å². The number of ketones is 2. The molecule has 202 valence electrons. The number of carbonyl (C=O) groups is 2. The molecule has 6 rings (SSSR count). The van der Waals surface area contributed by atoms with Crippen LogP contribution in [0.3, 0.4) is 0 Å². The lowest BCUT2D eigenvalue weighted by Crippen LogP contribution is -2.16. The van der Waals surface area contributed by atoms with Gasteiger partial charge in [0.2, 0.25) is 0 Å². The Balaban J connectivity index is 1.84. The van der Waals surface area contributed by atoms with Gasteiger partial charge in [0.25, 0.3) is 0 Å². The van der Waals surface area contributed by atoms with Crippen LogP contribution in [0.25, 0.3) is 33.4 Å². The number of anilines is 1. The van der Waals surface area contributed by atoms with E-state index in [-0.39, 0.29) is 17.1 Å². The van der Waals surface area contributed by atoms with Crippen molar-refractivity contribution in [2.24, 2.45) is 0 Å². The summed E-state index contributed by atoms with van der Waals surface area (Å²) in [5.74, 6) is -0.463. The first kappa shape index (κ1) is 26.9. The molecule has 42 heavy (non-hydrogen) atoms. The summed E-state index contributed by atoms with van der Waals surface area (Å²) in [5.41, 5.74) is 13.2. The van der Waals surface area contributed by atoms with Gasteiger partial charge in [-0.15, -0.1) is 0 Å². The van der Waals surface area contributed by atoms with Crippen molar-refractivity contribution in [3.8, 4) is 33.4 Å². The van der Waals surface area contributed by atoms with Crippen molar-refractivity contribution in [3.05, 3.63) is 173 Å². The van der Waals surface area contributed by atoms with E-state index in [0.29, 0.717) is 44.1 Å². The van der Waals surface area contributed by atoms with Crippen molar-refractivity contribution in [2.45, 2.75) is 0 Å². The molecular formula is C38H26ClNO2. The summed E-state index contributed by atoms with van der Waals surface area (Å²) in [6.45, 7) is 0. The minimum atomic E-state index is -0.260. The highest BCUT2D eigenvalue weighted by molar-refractivity contribution is 6.31. The van der Waals surface area contributed by atoms with Crippen LogP contribution in [-0.4, -0.2) is 11.6 Å². The first-order valence-corrected chi connectivity index (χ1v) is 14.0. The van der Waals surface area contributed by atoms with Gasteiger partial charge in [-0.05, 0) is 28.8 Å². The molecule has 0 unspecified atom stereocenters. The Morgan fingerprint density at radius 2 is 0.810 bits per heavy atom. The minimum absolute atomic E-state index is 0.203. The average molecular weight is 564 g/mol. The molecule has 0 spiro atoms. The zero-order valence-corrected chi connectivity index (χ0v) is 23.4. The smallest absolute Gasteiger partial charge is 0.195 e. The fourth-order valence-electron chi connectivity index (χ4n) is 5.40. The molecule has 0 aliphatic heterocycles. The number of benzene rings is 6. The van der Waals surface area contributed by atoms with Crippen molar-refractivity contribution in [1.29, 1.82) is 0 Å². The third-order valence-corrected chi connectivity index (χ3v) is 7.57. The summed E-state index contributed by atoms with van der Waals surface area (Å²) in [5, 5.41) is 0.570. The molecule has 0 saturated heterocycles. The summed E-state index contributed by atoms with van der Waals surface area (Å²) in [7, 11) is 0. The van der Waals surface area contributed by atoms with Crippen LogP contribution in [-0.2, 0) is 0 Å². The molecule has 6 aromatic carbocycles. The number of rotatable bonds is 7. The van der Waals surface area contributed by atoms with Crippen LogP contribution in [0, 0.1) is 0 Å². The molecule has 3 nitrogen and oxygen atoms in total. The largest absolute Gasteiger partial charge is 0.398 e. The van der Waals surface area contributed by atoms with Crippen molar-refractivity contribution in [3.63, 3.8) is 0 Å². The van der Waals surface area contributed by atoms with E-state index in [1.54, 1.807) is 36.4 Å². The van der Waals surface area contributed by atoms with Crippen molar-refractivity contribution in [1.82, 2.24) is 0 Å². The predicted octanol–water partition coefficient (Wildman–Crippen LogP) is 9.39. The van der Waals surface area contributed by atoms with Crippen molar-refractivity contribution >= 4 is 28.9 Å². The normalized spacial score (nSPS) is 10.8. The topological polar surface area (TPSA) is 60.2 Å². The third-order valence-electron chi connectivity index (χ3n) is 7.32. The van der Waals surface area contributed by atoms with Crippen LogP contribution < -0.4 is 5.73 Å². The second-order valence-electron chi connectivity index (χ2n) is 9.92. The van der Waals surface area contributed by atoms with Gasteiger partial charge < -0.3 is 5.73 Å². The molecule has 0 bridgehead atoms. The molecule has 0 radical (unpaired) electrons. The lowest BCUT2D eigenvalue weighted by Gasteiger charge is -2.25. The molecule has 0 aliphatic rings. The van der Waals surface area contributed by atoms with E-state index in [1.807, 2.05) is 109 Å². The lowest BCUT2D eigenvalue weighted by molar-refractivity contribution is 0.103. The van der Waals surface area contributed by atoms with Gasteiger partial charge in [-0.1, -0.05) is 145 Å². The van der Waals surface area contributed by atoms with Gasteiger partial charge >= 0.3 is 0 Å². The molecule has 0 aromatic heterocycles. The molecule has 0 fully saturated rings. The van der Waals surface area contributed by atoms with E-state index in [0.717, 1.165) is 16.7 Å². The third kappa shape index (κ3) is 5.03. The molecule has 0 atom stereocenters. The van der Waals surface area contributed by atoms with Gasteiger partial charge in [-0.2, -0.15) is 0 Å². The highest BCUT2D eigenvalue weighted by atomic mass is 35.5. The van der Waals surface area contributed by atoms with Crippen LogP contribution in [0.4, 0.5) is 5.69 Å². The van der Waals surface area contributed by atoms with Crippen LogP contribution in [0.1, 0.15) is 31.8 Å². The average Bonchev–Trinajstić information content (AvgIpc) is 3.05. The predicted molar refractivity (Wildman–Crippen MR) is 172 cm³/mol. The Hall–Kier alpha value is -5.25. The van der Waals surface area contributed by atoms with E-state index in [4.69, 9.17) is 17.3 Å². The standard InChI is InChI=1S/C38H26ClNO2/c39-30-23-21-27(22-24-30)33-31(25-13-5-1-6-14-25)34(37(41)28-17-9-3-10-18-28)32(26-15-7-2-8-16-26)35(36(33)40)38(42)29-19-11-4-12-20-29/h1-24H,40H2. The first-order chi connectivity index (χ1) is 20.5. The summed E-state index contributed by atoms with van der Waals surface area (Å²) in [4.78, 5) is 29.2. The molecule has 6 aromatic rings. The van der Waals surface area contributed by atoms with Gasteiger partial charge in [-0.3, -0.25) is 9.59 Å². The lowest BCUT2D eigenvalue weighted by atomic mass is 9.77. The van der Waals surface area contributed by atoms with Crippen LogP contribution >= 0.6 is 11.6 Å². The maximum Gasteiger partial charge on any atom is 0.195 e. The Morgan fingerprint density at radius 3 is 1.29 bits per heavy atom. The van der Waals surface area contributed by atoms with Gasteiger partial charge in [-0.25, -0.2) is 0 Å². The van der Waals surface area contributed by atoms with Gasteiger partial charge in [0, 0.05) is 38.4 Å². The van der Waals surface area contributed by atoms with E-state index < -0.39 is 0 Å². The Labute approximate surface area is 249 Å². The molecule has 0 heterocycles. The molecule has 0 amide bonds. The summed E-state index contributed by atoms with van der Waals surface area (Å²) in [6.07, 6.45) is 0. The van der Waals surface area contributed by atoms with E-state index >= 15 is 0 Å². The number of nitrogen functional groups attached to an aromatic ring is 1. The second-order valence-corrected chi connectivity index (χ2v) is 10.4. The van der Waals surface area contributed by atoms with Crippen LogP contribution in [0.5, 0.6) is 0 Å². The number of nitrogens with two attached hydrogens (primary N) is 1. The monoisotopic (exact) mass is 563 g/mol. The fourth-order valence-corrected chi connectivity index (χ4v) is 5.53. The van der Waals surface area contributed by atoms with Crippen molar-refractivity contribution in [2.75, 3.05) is 5.73 Å². The van der Waals surface area contributed by atoms with Crippen LogP contribution in [0.15, 0.2) is 146 Å². The highest BCUT2D eigenvalue weighted by Gasteiger charge is 2.32. The number of hydrogen-bond acceptors (Lipinski definition) is 3. The van der Waals surface area contributed by atoms with Gasteiger partial charge in [0.05, 0.1) is 11.3 Å². The van der Waals surface area contributed by atoms with Crippen molar-refractivity contribution < 1.29 is 9.59 Å². The Kier molecular flexibility index (Phi) is 7.50. The maximum atomic E-state index is 14.7. The van der Waals surface area contributed by atoms with E-state index in [1.165, 1.54) is 0 Å². The summed E-state index contributed by atoms with van der Waals surface area (Å²) < 4.78 is 0. The number of hydrogen-bond donors (Lipinski definition) is 1. The number of halogens is 1. The maximum absolute atomic E-state index is 14.7. The fraction of sp³-hybridized carbons (Fsp3) is 0. The molecule has 4 heteroatoms. The van der Waals surface area contributed by atoms with Gasteiger partial charge in [0.1, 0.15) is 0 Å². The number of carbonyl (C=O) groups excluding carboxylic acids is 2. The first-order valence-electron chi connectivity index (χ1n) is 13.6. The SMILES string of the molecule is Nc1c(C(=O)c2ccccc2)c(-c2ccccc2)c(C(=O)c2ccccc2)c(-c2ccccc2)c1-c1ccc(Cl)cc1. The summed E-state index contributed by atoms with van der Waals surface area (Å²) >= 11 is 6.29. The quantitative estimate of drug-likeness (QED) is 0.155. The highest BCUT2D eigenvalue weighted by Crippen LogP contribution is 2.48. The van der Waals surface area contributed by atoms with E-state index in [9.17, 15) is 9.59 Å². The minimum Gasteiger partial charge on any atom is -0.398 e. The molecule has 2 N–H and O–H groups in total. The zero-order valence-electron chi connectivity index (χ0n) is 22.6. The Morgan fingerprint density at radius 1 is 0.429 bits per heavy atom. The molecule has 0 aliphatic carbocycles. The molecule has 0 saturated carbocycles. The summed E-state index contributed by atoms with van der Waals surface area (Å²) in [6, 6.07) is 44.7. The Bertz CT molecular complexity index is 1890. The van der Waals surface area contributed by atoms with Gasteiger partial charge in [0.15, 0.2) is 11.6 Å². The second kappa shape index (κ2) is 11.7. The molecular weight excluding hydrogens is 538 g/mol. The van der Waals surface area contributed by atoms with E-state index in [2.05, 4.69) is 0 Å².